The number of rotatable bonds is 7. The maximum Gasteiger partial charge on any atom is 0.433 e. The molecule has 1 unspecified atom stereocenters. The predicted octanol–water partition coefficient (Wildman–Crippen LogP) is 3.19. The zero-order valence-electron chi connectivity index (χ0n) is 10.0. The molecule has 0 spiro atoms. The molecule has 0 radical (unpaired) electrons. The molecule has 0 aliphatic carbocycles. The van der Waals surface area contributed by atoms with E-state index in [4.69, 9.17) is 4.74 Å². The Balaban J connectivity index is 3.99. The van der Waals surface area contributed by atoms with Crippen LogP contribution in [-0.2, 0) is 4.74 Å². The Hall–Kier alpha value is -0.770. The molecule has 0 heterocycles. The van der Waals surface area contributed by atoms with E-state index in [2.05, 4.69) is 6.92 Å². The van der Waals surface area contributed by atoms with E-state index in [-0.39, 0.29) is 6.04 Å². The highest BCUT2D eigenvalue weighted by Gasteiger charge is 2.21. The minimum absolute atomic E-state index is 0.116. The third-order valence-electron chi connectivity index (χ3n) is 2.32. The number of nitrogens with zero attached hydrogens (tertiary/aromatic N) is 1. The van der Waals surface area contributed by atoms with Crippen LogP contribution in [0.1, 0.15) is 52.9 Å². The minimum Gasteiger partial charge on any atom is -0.448 e. The lowest BCUT2D eigenvalue weighted by molar-refractivity contribution is -0.107. The first-order valence-corrected chi connectivity index (χ1v) is 5.82. The van der Waals surface area contributed by atoms with Crippen LogP contribution in [-0.4, -0.2) is 29.0 Å². The average Bonchev–Trinajstić information content (AvgIpc) is 2.26. The van der Waals surface area contributed by atoms with E-state index in [0.29, 0.717) is 6.61 Å². The van der Waals surface area contributed by atoms with E-state index in [1.165, 1.54) is 0 Å². The summed E-state index contributed by atoms with van der Waals surface area (Å²) in [6, 6.07) is -0.116. The van der Waals surface area contributed by atoms with E-state index in [9.17, 15) is 10.0 Å². The molecular weight excluding hydrogens is 194 g/mol. The summed E-state index contributed by atoms with van der Waals surface area (Å²) in [5.74, 6) is 0. The minimum atomic E-state index is -0.625. The Labute approximate surface area is 92.2 Å². The van der Waals surface area contributed by atoms with E-state index in [1.807, 2.05) is 13.8 Å². The molecule has 0 aromatic carbocycles. The standard InChI is InChI=1S/C11H23NO3/c1-4-7-8-10(6-3)12(14)11(13)15-9-5-2/h10,14H,4-9H2,1-3H3. The molecule has 0 saturated heterocycles. The largest absolute Gasteiger partial charge is 0.448 e. The fourth-order valence-corrected chi connectivity index (χ4v) is 1.34. The third-order valence-corrected chi connectivity index (χ3v) is 2.32. The molecule has 1 atom stereocenters. The van der Waals surface area contributed by atoms with E-state index >= 15 is 0 Å². The number of carbonyl (C=O) groups excluding carboxylic acids is 1. The lowest BCUT2D eigenvalue weighted by Crippen LogP contribution is -2.37. The van der Waals surface area contributed by atoms with Gasteiger partial charge in [0.25, 0.3) is 0 Å². The van der Waals surface area contributed by atoms with E-state index in [1.54, 1.807) is 0 Å². The first-order valence-electron chi connectivity index (χ1n) is 5.82. The van der Waals surface area contributed by atoms with Gasteiger partial charge in [0.05, 0.1) is 12.6 Å². The zero-order valence-corrected chi connectivity index (χ0v) is 10.0. The second-order valence-corrected chi connectivity index (χ2v) is 3.66. The number of carbonyl (C=O) groups is 1. The van der Waals surface area contributed by atoms with Crippen LogP contribution >= 0.6 is 0 Å². The number of hydroxylamine groups is 2. The molecule has 4 heteroatoms. The van der Waals surface area contributed by atoms with Crippen molar-refractivity contribution in [1.29, 1.82) is 0 Å². The van der Waals surface area contributed by atoms with Crippen molar-refractivity contribution in [1.82, 2.24) is 5.06 Å². The van der Waals surface area contributed by atoms with Crippen molar-refractivity contribution in [2.24, 2.45) is 0 Å². The number of hydrogen-bond donors (Lipinski definition) is 1. The van der Waals surface area contributed by atoms with Crippen LogP contribution in [0.5, 0.6) is 0 Å². The molecule has 0 aliphatic rings. The molecule has 0 bridgehead atoms. The molecule has 0 aliphatic heterocycles. The van der Waals surface area contributed by atoms with Crippen LogP contribution in [0, 0.1) is 0 Å². The lowest BCUT2D eigenvalue weighted by atomic mass is 10.1. The number of unbranched alkanes of at least 4 members (excludes halogenated alkanes) is 1. The second-order valence-electron chi connectivity index (χ2n) is 3.66. The smallest absolute Gasteiger partial charge is 0.433 e. The Bertz CT molecular complexity index is 173. The first-order chi connectivity index (χ1) is 7.17. The summed E-state index contributed by atoms with van der Waals surface area (Å²) in [6.07, 6.45) is 3.79. The van der Waals surface area contributed by atoms with Crippen LogP contribution in [0.3, 0.4) is 0 Å². The molecule has 15 heavy (non-hydrogen) atoms. The third kappa shape index (κ3) is 5.62. The van der Waals surface area contributed by atoms with Gasteiger partial charge in [-0.25, -0.2) is 4.79 Å². The maximum atomic E-state index is 11.3. The SMILES string of the molecule is CCCCC(CC)N(O)C(=O)OCCC. The van der Waals surface area contributed by atoms with Crippen molar-refractivity contribution in [3.8, 4) is 0 Å². The van der Waals surface area contributed by atoms with Gasteiger partial charge in [-0.15, -0.1) is 0 Å². The summed E-state index contributed by atoms with van der Waals surface area (Å²) in [6.45, 7) is 6.32. The summed E-state index contributed by atoms with van der Waals surface area (Å²) >= 11 is 0. The molecule has 4 nitrogen and oxygen atoms in total. The van der Waals surface area contributed by atoms with Crippen molar-refractivity contribution in [2.45, 2.75) is 58.9 Å². The Morgan fingerprint density at radius 2 is 2.00 bits per heavy atom. The number of hydrogen-bond acceptors (Lipinski definition) is 3. The number of ether oxygens (including phenoxy) is 1. The van der Waals surface area contributed by atoms with Gasteiger partial charge < -0.3 is 4.74 Å². The van der Waals surface area contributed by atoms with Gasteiger partial charge in [-0.1, -0.05) is 33.6 Å². The first kappa shape index (κ1) is 14.2. The van der Waals surface area contributed by atoms with Crippen molar-refractivity contribution in [2.75, 3.05) is 6.61 Å². The molecule has 0 fully saturated rings. The summed E-state index contributed by atoms with van der Waals surface area (Å²) in [4.78, 5) is 11.3. The second kappa shape index (κ2) is 8.53. The van der Waals surface area contributed by atoms with Gasteiger partial charge >= 0.3 is 6.09 Å². The highest BCUT2D eigenvalue weighted by Crippen LogP contribution is 2.11. The lowest BCUT2D eigenvalue weighted by Gasteiger charge is -2.24. The zero-order chi connectivity index (χ0) is 11.7. The van der Waals surface area contributed by atoms with Gasteiger partial charge in [0.1, 0.15) is 0 Å². The van der Waals surface area contributed by atoms with Crippen molar-refractivity contribution < 1.29 is 14.7 Å². The van der Waals surface area contributed by atoms with Crippen LogP contribution in [0.2, 0.25) is 0 Å². The van der Waals surface area contributed by atoms with Crippen molar-refractivity contribution in [3.63, 3.8) is 0 Å². The molecule has 1 N–H and O–H groups in total. The van der Waals surface area contributed by atoms with Crippen LogP contribution in [0.4, 0.5) is 4.79 Å². The monoisotopic (exact) mass is 217 g/mol. The molecule has 0 aromatic rings. The van der Waals surface area contributed by atoms with Gasteiger partial charge in [0.2, 0.25) is 0 Å². The topological polar surface area (TPSA) is 49.8 Å². The molecular formula is C11H23NO3. The normalized spacial score (nSPS) is 12.3. The highest BCUT2D eigenvalue weighted by molar-refractivity contribution is 5.66. The van der Waals surface area contributed by atoms with Gasteiger partial charge in [0.15, 0.2) is 0 Å². The molecule has 0 rings (SSSR count). The van der Waals surface area contributed by atoms with Crippen LogP contribution in [0.25, 0.3) is 0 Å². The fourth-order valence-electron chi connectivity index (χ4n) is 1.34. The maximum absolute atomic E-state index is 11.3. The van der Waals surface area contributed by atoms with E-state index in [0.717, 1.165) is 37.2 Å². The molecule has 0 saturated carbocycles. The summed E-state index contributed by atoms with van der Waals surface area (Å²) in [7, 11) is 0. The average molecular weight is 217 g/mol. The highest BCUT2D eigenvalue weighted by atomic mass is 16.6. The van der Waals surface area contributed by atoms with Gasteiger partial charge in [-0.3, -0.25) is 5.21 Å². The summed E-state index contributed by atoms with van der Waals surface area (Å²) < 4.78 is 4.85. The van der Waals surface area contributed by atoms with Gasteiger partial charge in [-0.05, 0) is 19.3 Å². The number of amides is 1. The molecule has 1 amide bonds. The van der Waals surface area contributed by atoms with Crippen LogP contribution < -0.4 is 0 Å². The Kier molecular flexibility index (Phi) is 8.09. The van der Waals surface area contributed by atoms with Gasteiger partial charge in [0, 0.05) is 0 Å². The summed E-state index contributed by atoms with van der Waals surface area (Å²) in [5, 5.41) is 10.3. The Morgan fingerprint density at radius 3 is 2.47 bits per heavy atom. The molecule has 90 valence electrons. The Morgan fingerprint density at radius 1 is 1.33 bits per heavy atom. The van der Waals surface area contributed by atoms with Crippen LogP contribution in [0.15, 0.2) is 0 Å². The quantitative estimate of drug-likeness (QED) is 0.526. The van der Waals surface area contributed by atoms with E-state index < -0.39 is 6.09 Å². The predicted molar refractivity (Wildman–Crippen MR) is 58.9 cm³/mol. The van der Waals surface area contributed by atoms with Crippen molar-refractivity contribution in [3.05, 3.63) is 0 Å². The fraction of sp³-hybridized carbons (Fsp3) is 0.909. The van der Waals surface area contributed by atoms with Gasteiger partial charge in [-0.2, -0.15) is 5.06 Å². The van der Waals surface area contributed by atoms with Crippen molar-refractivity contribution >= 4 is 6.09 Å². The summed E-state index contributed by atoms with van der Waals surface area (Å²) in [5.41, 5.74) is 0. The molecule has 0 aromatic heterocycles.